The van der Waals surface area contributed by atoms with Crippen LogP contribution in [0.2, 0.25) is 0 Å². The third-order valence-corrected chi connectivity index (χ3v) is 4.38. The lowest BCUT2D eigenvalue weighted by Crippen LogP contribution is -2.23. The number of nitrogens with one attached hydrogen (secondary N) is 3. The maximum atomic E-state index is 12.7. The number of benzene rings is 3. The standard InChI is InChI=1S/C23H23N3O3/c1-16-7-3-5-9-20(16)26-22(27)15-24-21-10-6-4-8-19(21)23(28)25-17-11-13-18(29-2)14-12-17/h3-14,24H,15H2,1-2H3,(H,25,28)(H,26,27). The van der Waals surface area contributed by atoms with Crippen LogP contribution in [-0.4, -0.2) is 25.5 Å². The van der Waals surface area contributed by atoms with Crippen LogP contribution in [0, 0.1) is 6.92 Å². The lowest BCUT2D eigenvalue weighted by molar-refractivity contribution is -0.114. The van der Waals surface area contributed by atoms with E-state index < -0.39 is 0 Å². The van der Waals surface area contributed by atoms with Gasteiger partial charge in [-0.1, -0.05) is 30.3 Å². The van der Waals surface area contributed by atoms with Gasteiger partial charge in [-0.05, 0) is 55.0 Å². The Hall–Kier alpha value is -3.80. The number of amides is 2. The van der Waals surface area contributed by atoms with Crippen molar-refractivity contribution in [3.05, 3.63) is 83.9 Å². The second-order valence-electron chi connectivity index (χ2n) is 6.44. The molecule has 3 rings (SSSR count). The van der Waals surface area contributed by atoms with E-state index in [1.807, 2.05) is 37.3 Å². The second kappa shape index (κ2) is 9.41. The fourth-order valence-electron chi connectivity index (χ4n) is 2.79. The maximum Gasteiger partial charge on any atom is 0.257 e. The van der Waals surface area contributed by atoms with Crippen molar-refractivity contribution in [2.24, 2.45) is 0 Å². The van der Waals surface area contributed by atoms with E-state index in [2.05, 4.69) is 16.0 Å². The monoisotopic (exact) mass is 389 g/mol. The smallest absolute Gasteiger partial charge is 0.257 e. The van der Waals surface area contributed by atoms with Gasteiger partial charge in [-0.2, -0.15) is 0 Å². The molecule has 2 amide bonds. The minimum Gasteiger partial charge on any atom is -0.497 e. The van der Waals surface area contributed by atoms with Gasteiger partial charge >= 0.3 is 0 Å². The van der Waals surface area contributed by atoms with Crippen molar-refractivity contribution < 1.29 is 14.3 Å². The molecular weight excluding hydrogens is 366 g/mol. The summed E-state index contributed by atoms with van der Waals surface area (Å²) < 4.78 is 5.12. The number of para-hydroxylation sites is 2. The maximum absolute atomic E-state index is 12.7. The third-order valence-electron chi connectivity index (χ3n) is 4.38. The molecule has 3 aromatic carbocycles. The van der Waals surface area contributed by atoms with Crippen LogP contribution in [0.1, 0.15) is 15.9 Å². The summed E-state index contributed by atoms with van der Waals surface area (Å²) in [6.07, 6.45) is 0. The van der Waals surface area contributed by atoms with Crippen LogP contribution in [-0.2, 0) is 4.79 Å². The van der Waals surface area contributed by atoms with Gasteiger partial charge < -0.3 is 20.7 Å². The van der Waals surface area contributed by atoms with E-state index in [0.29, 0.717) is 22.7 Å². The highest BCUT2D eigenvalue weighted by Crippen LogP contribution is 2.19. The predicted molar refractivity (Wildman–Crippen MR) is 116 cm³/mol. The Balaban J connectivity index is 1.64. The summed E-state index contributed by atoms with van der Waals surface area (Å²) >= 11 is 0. The molecule has 0 bridgehead atoms. The molecule has 29 heavy (non-hydrogen) atoms. The van der Waals surface area contributed by atoms with Crippen molar-refractivity contribution in [3.8, 4) is 5.75 Å². The molecule has 148 valence electrons. The Labute approximate surface area is 169 Å². The van der Waals surface area contributed by atoms with Gasteiger partial charge in [0.2, 0.25) is 5.91 Å². The van der Waals surface area contributed by atoms with Gasteiger partial charge in [0.15, 0.2) is 0 Å². The summed E-state index contributed by atoms with van der Waals surface area (Å²) in [6.45, 7) is 1.98. The molecule has 0 unspecified atom stereocenters. The van der Waals surface area contributed by atoms with Crippen LogP contribution in [0.25, 0.3) is 0 Å². The van der Waals surface area contributed by atoms with Crippen LogP contribution in [0.15, 0.2) is 72.8 Å². The highest BCUT2D eigenvalue weighted by molar-refractivity contribution is 6.08. The summed E-state index contributed by atoms with van der Waals surface area (Å²) in [5.41, 5.74) is 3.44. The Kier molecular flexibility index (Phi) is 6.47. The molecule has 3 aromatic rings. The Morgan fingerprint density at radius 3 is 2.17 bits per heavy atom. The van der Waals surface area contributed by atoms with Gasteiger partial charge in [0.05, 0.1) is 19.2 Å². The number of hydrogen-bond acceptors (Lipinski definition) is 4. The number of ether oxygens (including phenoxy) is 1. The number of carbonyl (C=O) groups excluding carboxylic acids is 2. The van der Waals surface area contributed by atoms with Gasteiger partial charge in [-0.25, -0.2) is 0 Å². The summed E-state index contributed by atoms with van der Waals surface area (Å²) in [5, 5.41) is 8.76. The molecule has 3 N–H and O–H groups in total. The first-order valence-corrected chi connectivity index (χ1v) is 9.20. The van der Waals surface area contributed by atoms with Crippen LogP contribution in [0.3, 0.4) is 0 Å². The summed E-state index contributed by atoms with van der Waals surface area (Å²) in [4.78, 5) is 25.0. The average molecular weight is 389 g/mol. The molecule has 6 nitrogen and oxygen atoms in total. The van der Waals surface area contributed by atoms with Gasteiger partial charge in [0.25, 0.3) is 5.91 Å². The van der Waals surface area contributed by atoms with Gasteiger partial charge in [-0.15, -0.1) is 0 Å². The largest absolute Gasteiger partial charge is 0.497 e. The van der Waals surface area contributed by atoms with Gasteiger partial charge in [0.1, 0.15) is 5.75 Å². The van der Waals surface area contributed by atoms with E-state index >= 15 is 0 Å². The van der Waals surface area contributed by atoms with E-state index in [-0.39, 0.29) is 18.4 Å². The first-order valence-electron chi connectivity index (χ1n) is 9.20. The summed E-state index contributed by atoms with van der Waals surface area (Å²) in [6, 6.07) is 21.7. The zero-order chi connectivity index (χ0) is 20.6. The number of aryl methyl sites for hydroxylation is 1. The number of methoxy groups -OCH3 is 1. The Bertz CT molecular complexity index is 1000. The second-order valence-corrected chi connectivity index (χ2v) is 6.44. The number of hydrogen-bond donors (Lipinski definition) is 3. The number of anilines is 3. The zero-order valence-electron chi connectivity index (χ0n) is 16.4. The molecule has 0 aliphatic heterocycles. The van der Waals surface area contributed by atoms with Crippen LogP contribution in [0.4, 0.5) is 17.1 Å². The fraction of sp³-hybridized carbons (Fsp3) is 0.130. The highest BCUT2D eigenvalue weighted by Gasteiger charge is 2.12. The topological polar surface area (TPSA) is 79.5 Å². The van der Waals surface area contributed by atoms with Crippen molar-refractivity contribution in [3.63, 3.8) is 0 Å². The fourth-order valence-corrected chi connectivity index (χ4v) is 2.79. The van der Waals surface area contributed by atoms with Crippen molar-refractivity contribution in [2.45, 2.75) is 6.92 Å². The minimum atomic E-state index is -0.266. The normalized spacial score (nSPS) is 10.1. The number of rotatable bonds is 7. The quantitative estimate of drug-likeness (QED) is 0.563. The predicted octanol–water partition coefficient (Wildman–Crippen LogP) is 4.31. The van der Waals surface area contributed by atoms with E-state index in [4.69, 9.17) is 4.74 Å². The van der Waals surface area contributed by atoms with Gasteiger partial charge in [0, 0.05) is 17.1 Å². The molecular formula is C23H23N3O3. The van der Waals surface area contributed by atoms with Crippen molar-refractivity contribution >= 4 is 28.9 Å². The van der Waals surface area contributed by atoms with E-state index in [1.54, 1.807) is 49.6 Å². The van der Waals surface area contributed by atoms with Crippen LogP contribution < -0.4 is 20.7 Å². The van der Waals surface area contributed by atoms with E-state index in [0.717, 1.165) is 11.3 Å². The SMILES string of the molecule is COc1ccc(NC(=O)c2ccccc2NCC(=O)Nc2ccccc2C)cc1. The summed E-state index contributed by atoms with van der Waals surface area (Å²) in [5.74, 6) is 0.256. The molecule has 0 saturated carbocycles. The Morgan fingerprint density at radius 2 is 1.48 bits per heavy atom. The van der Waals surface area contributed by atoms with Gasteiger partial charge in [-0.3, -0.25) is 9.59 Å². The zero-order valence-corrected chi connectivity index (χ0v) is 16.4. The minimum absolute atomic E-state index is 0.0428. The molecule has 0 saturated heterocycles. The van der Waals surface area contributed by atoms with Crippen molar-refractivity contribution in [1.82, 2.24) is 0 Å². The van der Waals surface area contributed by atoms with Crippen LogP contribution >= 0.6 is 0 Å². The molecule has 0 aliphatic rings. The molecule has 0 heterocycles. The van der Waals surface area contributed by atoms with Crippen LogP contribution in [0.5, 0.6) is 5.75 Å². The molecule has 0 aliphatic carbocycles. The summed E-state index contributed by atoms with van der Waals surface area (Å²) in [7, 11) is 1.59. The lowest BCUT2D eigenvalue weighted by Gasteiger charge is -2.13. The third kappa shape index (κ3) is 5.35. The first-order chi connectivity index (χ1) is 14.1. The van der Waals surface area contributed by atoms with E-state index in [1.165, 1.54) is 0 Å². The lowest BCUT2D eigenvalue weighted by atomic mass is 10.1. The molecule has 0 fully saturated rings. The van der Waals surface area contributed by atoms with Crippen molar-refractivity contribution in [1.29, 1.82) is 0 Å². The van der Waals surface area contributed by atoms with E-state index in [9.17, 15) is 9.59 Å². The Morgan fingerprint density at radius 1 is 0.828 bits per heavy atom. The molecule has 0 atom stereocenters. The highest BCUT2D eigenvalue weighted by atomic mass is 16.5. The number of carbonyl (C=O) groups is 2. The molecule has 0 radical (unpaired) electrons. The molecule has 0 aromatic heterocycles. The van der Waals surface area contributed by atoms with Crippen molar-refractivity contribution in [2.75, 3.05) is 29.6 Å². The average Bonchev–Trinajstić information content (AvgIpc) is 2.74. The molecule has 0 spiro atoms. The first kappa shape index (κ1) is 19.9. The molecule has 6 heteroatoms.